The van der Waals surface area contributed by atoms with Crippen LogP contribution in [0.3, 0.4) is 0 Å². The fraction of sp³-hybridized carbons (Fsp3) is 0.619. The van der Waals surface area contributed by atoms with Gasteiger partial charge in [0.1, 0.15) is 4.32 Å². The fourth-order valence-corrected chi connectivity index (χ4v) is 7.75. The second-order valence-electron chi connectivity index (χ2n) is 7.29. The molecule has 0 N–H and O–H groups in total. The molecule has 150 valence electrons. The highest BCUT2D eigenvalue weighted by Crippen LogP contribution is 2.30. The smallest absolute Gasteiger partial charge is 0.233 e. The van der Waals surface area contributed by atoms with E-state index in [1.807, 2.05) is 11.0 Å². The van der Waals surface area contributed by atoms with Gasteiger partial charge in [-0.05, 0) is 36.5 Å². The molecular weight excluding hydrogens is 390 g/mol. The molecule has 1 aromatic rings. The molecule has 0 spiro atoms. The number of hydrogen-bond acceptors (Lipinski definition) is 4. The number of carbonyl (C=O) groups is 1. The van der Waals surface area contributed by atoms with Gasteiger partial charge in [-0.3, -0.25) is 9.69 Å². The van der Waals surface area contributed by atoms with Crippen molar-refractivity contribution in [3.8, 4) is 0 Å². The number of thioether (sulfide) groups is 1. The Morgan fingerprint density at radius 1 is 1.22 bits per heavy atom. The van der Waals surface area contributed by atoms with E-state index in [9.17, 15) is 4.79 Å². The summed E-state index contributed by atoms with van der Waals surface area (Å²) in [5.41, 5.74) is 1.25. The number of hydrogen-bond donors (Lipinski definition) is 0. The molecule has 0 bridgehead atoms. The minimum absolute atomic E-state index is 0.101. The highest BCUT2D eigenvalue weighted by molar-refractivity contribution is 8.23. The predicted octanol–water partition coefficient (Wildman–Crippen LogP) is 5.51. The summed E-state index contributed by atoms with van der Waals surface area (Å²) >= 11 is 7.17. The molecule has 2 atom stereocenters. The lowest BCUT2D eigenvalue weighted by Crippen LogP contribution is -2.46. The summed E-state index contributed by atoms with van der Waals surface area (Å²) in [4.78, 5) is 15.2. The molecule has 0 aliphatic carbocycles. The van der Waals surface area contributed by atoms with Crippen LogP contribution in [0.15, 0.2) is 30.3 Å². The van der Waals surface area contributed by atoms with Crippen LogP contribution in [0.1, 0.15) is 39.7 Å². The topological polar surface area (TPSA) is 29.5 Å². The first-order valence-electron chi connectivity index (χ1n) is 10.2. The third kappa shape index (κ3) is 5.65. The number of nitrogens with zero attached hydrogens (tertiary/aromatic N) is 1. The summed E-state index contributed by atoms with van der Waals surface area (Å²) in [6.07, 6.45) is 1.65. The van der Waals surface area contributed by atoms with Gasteiger partial charge < -0.3 is 4.43 Å². The zero-order valence-corrected chi connectivity index (χ0v) is 19.7. The van der Waals surface area contributed by atoms with E-state index in [0.717, 1.165) is 41.0 Å². The highest BCUT2D eigenvalue weighted by Gasteiger charge is 2.38. The molecule has 0 saturated carbocycles. The van der Waals surface area contributed by atoms with E-state index >= 15 is 0 Å². The molecule has 1 amide bonds. The van der Waals surface area contributed by atoms with Crippen LogP contribution >= 0.6 is 24.0 Å². The summed E-state index contributed by atoms with van der Waals surface area (Å²) < 4.78 is 7.17. The van der Waals surface area contributed by atoms with Crippen molar-refractivity contribution in [2.24, 2.45) is 5.92 Å². The van der Waals surface area contributed by atoms with E-state index < -0.39 is 8.32 Å². The molecule has 3 nitrogen and oxygen atoms in total. The average Bonchev–Trinajstić information content (AvgIpc) is 3.06. The maximum Gasteiger partial charge on any atom is 0.233 e. The molecule has 1 saturated heterocycles. The van der Waals surface area contributed by atoms with Crippen molar-refractivity contribution >= 4 is 42.5 Å². The van der Waals surface area contributed by atoms with Gasteiger partial charge in [-0.15, -0.1) is 0 Å². The van der Waals surface area contributed by atoms with E-state index in [0.29, 0.717) is 6.61 Å². The molecule has 0 radical (unpaired) electrons. The first-order valence-corrected chi connectivity index (χ1v) is 14.1. The highest BCUT2D eigenvalue weighted by atomic mass is 32.2. The number of carbonyl (C=O) groups excluding carboxylic acids is 1. The van der Waals surface area contributed by atoms with Crippen LogP contribution in [0.2, 0.25) is 18.1 Å². The molecule has 1 aromatic carbocycles. The normalized spacial score (nSPS) is 18.7. The summed E-state index contributed by atoms with van der Waals surface area (Å²) in [6, 6.07) is 13.9. The maximum absolute atomic E-state index is 13.3. The number of rotatable bonds is 10. The monoisotopic (exact) mass is 423 g/mol. The van der Waals surface area contributed by atoms with Crippen molar-refractivity contribution in [2.75, 3.05) is 12.4 Å². The molecule has 6 heteroatoms. The van der Waals surface area contributed by atoms with Crippen LogP contribution in [0, 0.1) is 5.92 Å². The van der Waals surface area contributed by atoms with Crippen LogP contribution in [-0.4, -0.2) is 41.8 Å². The third-order valence-electron chi connectivity index (χ3n) is 5.88. The molecule has 0 unspecified atom stereocenters. The lowest BCUT2D eigenvalue weighted by Gasteiger charge is -2.32. The van der Waals surface area contributed by atoms with Gasteiger partial charge in [-0.25, -0.2) is 0 Å². The zero-order chi connectivity index (χ0) is 19.9. The molecule has 1 fully saturated rings. The first kappa shape index (κ1) is 22.6. The lowest BCUT2D eigenvalue weighted by molar-refractivity contribution is -0.133. The molecule has 0 aromatic heterocycles. The Kier molecular flexibility index (Phi) is 8.99. The summed E-state index contributed by atoms with van der Waals surface area (Å²) in [7, 11) is -1.69. The molecule has 1 aliphatic rings. The third-order valence-corrected chi connectivity index (χ3v) is 12.1. The SMILES string of the molecule is CC[C@H](CO[Si](CC)(CC)CC)C(=O)N1C(=S)SC[C@@H]1Cc1ccccc1. The molecule has 27 heavy (non-hydrogen) atoms. The number of thiocarbonyl (C=S) groups is 1. The molecule has 1 aliphatic heterocycles. The van der Waals surface area contributed by atoms with Crippen LogP contribution in [0.25, 0.3) is 0 Å². The summed E-state index contributed by atoms with van der Waals surface area (Å²) in [5.74, 6) is 0.935. The van der Waals surface area contributed by atoms with E-state index in [1.165, 1.54) is 5.56 Å². The van der Waals surface area contributed by atoms with Gasteiger partial charge in [-0.1, -0.05) is 82.0 Å². The van der Waals surface area contributed by atoms with Crippen molar-refractivity contribution in [2.45, 2.75) is 64.7 Å². The van der Waals surface area contributed by atoms with Gasteiger partial charge in [0.2, 0.25) is 5.91 Å². The first-order chi connectivity index (χ1) is 13.0. The summed E-state index contributed by atoms with van der Waals surface area (Å²) in [5, 5.41) is 0. The summed E-state index contributed by atoms with van der Waals surface area (Å²) in [6.45, 7) is 9.30. The fourth-order valence-electron chi connectivity index (χ4n) is 3.66. The van der Waals surface area contributed by atoms with E-state index in [2.05, 4.69) is 52.0 Å². The average molecular weight is 424 g/mol. The Morgan fingerprint density at radius 3 is 2.41 bits per heavy atom. The van der Waals surface area contributed by atoms with Crippen molar-refractivity contribution in [3.05, 3.63) is 35.9 Å². The van der Waals surface area contributed by atoms with Crippen LogP contribution < -0.4 is 0 Å². The van der Waals surface area contributed by atoms with Crippen LogP contribution in [0.5, 0.6) is 0 Å². The molecule has 2 rings (SSSR count). The number of amides is 1. The second kappa shape index (κ2) is 10.7. The standard InChI is InChI=1S/C21H33NO2S2Si/c1-5-18(15-24-27(6-2,7-3)8-4)20(23)22-19(16-26-21(22)25)14-17-12-10-9-11-13-17/h9-13,18-19H,5-8,14-16H2,1-4H3/t18-,19+/m1/s1. The minimum atomic E-state index is -1.69. The van der Waals surface area contributed by atoms with E-state index in [-0.39, 0.29) is 17.9 Å². The van der Waals surface area contributed by atoms with Crippen LogP contribution in [-0.2, 0) is 15.6 Å². The zero-order valence-electron chi connectivity index (χ0n) is 17.1. The van der Waals surface area contributed by atoms with Gasteiger partial charge in [0.15, 0.2) is 8.32 Å². The van der Waals surface area contributed by atoms with Gasteiger partial charge in [-0.2, -0.15) is 0 Å². The Hall–Kier alpha value is -0.693. The van der Waals surface area contributed by atoms with Gasteiger partial charge in [0.25, 0.3) is 0 Å². The quantitative estimate of drug-likeness (QED) is 0.367. The Labute approximate surface area is 175 Å². The Balaban J connectivity index is 2.07. The van der Waals surface area contributed by atoms with Crippen molar-refractivity contribution in [1.29, 1.82) is 0 Å². The maximum atomic E-state index is 13.3. The second-order valence-corrected chi connectivity index (χ2v) is 13.7. The Bertz CT molecular complexity index is 614. The van der Waals surface area contributed by atoms with Crippen molar-refractivity contribution in [3.63, 3.8) is 0 Å². The Morgan fingerprint density at radius 2 is 1.85 bits per heavy atom. The molecule has 1 heterocycles. The van der Waals surface area contributed by atoms with Gasteiger partial charge >= 0.3 is 0 Å². The minimum Gasteiger partial charge on any atom is -0.416 e. The van der Waals surface area contributed by atoms with Gasteiger partial charge in [0.05, 0.1) is 12.0 Å². The predicted molar refractivity (Wildman–Crippen MR) is 123 cm³/mol. The van der Waals surface area contributed by atoms with E-state index in [1.54, 1.807) is 11.8 Å². The van der Waals surface area contributed by atoms with E-state index in [4.69, 9.17) is 16.6 Å². The largest absolute Gasteiger partial charge is 0.416 e. The molecular formula is C21H33NO2S2Si. The number of benzene rings is 1. The van der Waals surface area contributed by atoms with Crippen molar-refractivity contribution in [1.82, 2.24) is 4.90 Å². The van der Waals surface area contributed by atoms with Gasteiger partial charge in [0, 0.05) is 12.4 Å². The lowest BCUT2D eigenvalue weighted by atomic mass is 10.0. The van der Waals surface area contributed by atoms with Crippen molar-refractivity contribution < 1.29 is 9.22 Å². The van der Waals surface area contributed by atoms with Crippen LogP contribution in [0.4, 0.5) is 0 Å².